The van der Waals surface area contributed by atoms with Crippen molar-refractivity contribution in [2.75, 3.05) is 26.7 Å². The molecule has 0 saturated carbocycles. The lowest BCUT2D eigenvalue weighted by molar-refractivity contribution is 0.0600. The van der Waals surface area contributed by atoms with E-state index < -0.39 is 16.0 Å². The predicted molar refractivity (Wildman–Crippen MR) is 97.1 cm³/mol. The van der Waals surface area contributed by atoms with Crippen molar-refractivity contribution in [1.29, 1.82) is 0 Å². The lowest BCUT2D eigenvalue weighted by Crippen LogP contribution is -2.46. The van der Waals surface area contributed by atoms with E-state index in [1.807, 2.05) is 0 Å². The molecule has 6 nitrogen and oxygen atoms in total. The van der Waals surface area contributed by atoms with Gasteiger partial charge in [-0.1, -0.05) is 19.8 Å². The quantitative estimate of drug-likeness (QED) is 0.713. The fourth-order valence-electron chi connectivity index (χ4n) is 3.12. The predicted octanol–water partition coefficient (Wildman–Crippen LogP) is 2.41. The van der Waals surface area contributed by atoms with Crippen LogP contribution in [0.5, 0.6) is 0 Å². The number of hydrogen-bond donors (Lipinski definition) is 1. The number of hydrogen-bond acceptors (Lipinski definition) is 5. The molecule has 1 aromatic carbocycles. The van der Waals surface area contributed by atoms with Gasteiger partial charge in [-0.3, -0.25) is 4.90 Å². The monoisotopic (exact) mass is 368 g/mol. The number of carbonyl (C=O) groups is 1. The second-order valence-electron chi connectivity index (χ2n) is 6.41. The molecule has 0 aromatic heterocycles. The van der Waals surface area contributed by atoms with Crippen molar-refractivity contribution < 1.29 is 17.9 Å². The van der Waals surface area contributed by atoms with E-state index in [1.165, 1.54) is 37.8 Å². The van der Waals surface area contributed by atoms with E-state index in [-0.39, 0.29) is 10.9 Å². The van der Waals surface area contributed by atoms with E-state index in [4.69, 9.17) is 0 Å². The average Bonchev–Trinajstić information content (AvgIpc) is 2.64. The van der Waals surface area contributed by atoms with Gasteiger partial charge >= 0.3 is 5.97 Å². The molecule has 1 atom stereocenters. The first kappa shape index (κ1) is 19.9. The van der Waals surface area contributed by atoms with Gasteiger partial charge in [-0.15, -0.1) is 0 Å². The lowest BCUT2D eigenvalue weighted by Gasteiger charge is -2.35. The summed E-state index contributed by atoms with van der Waals surface area (Å²) in [5.74, 6) is -0.481. The van der Waals surface area contributed by atoms with Crippen molar-refractivity contribution in [1.82, 2.24) is 9.62 Å². The van der Waals surface area contributed by atoms with Gasteiger partial charge in [0.05, 0.1) is 17.6 Å². The third kappa shape index (κ3) is 5.52. The molecular formula is C18H28N2O4S. The Hall–Kier alpha value is -1.44. The molecule has 7 heteroatoms. The first-order chi connectivity index (χ1) is 12.0. The maximum absolute atomic E-state index is 12.5. The SMILES string of the molecule is CCCCN1CCCCC1CNS(=O)(=O)c1ccc(C(=O)OC)cc1. The molecule has 25 heavy (non-hydrogen) atoms. The molecule has 1 fully saturated rings. The van der Waals surface area contributed by atoms with Gasteiger partial charge in [-0.2, -0.15) is 0 Å². The van der Waals surface area contributed by atoms with Gasteiger partial charge in [0.2, 0.25) is 10.0 Å². The number of rotatable bonds is 8. The van der Waals surface area contributed by atoms with Crippen LogP contribution in [0.2, 0.25) is 0 Å². The van der Waals surface area contributed by atoms with Gasteiger partial charge in [-0.25, -0.2) is 17.9 Å². The van der Waals surface area contributed by atoms with Gasteiger partial charge in [0, 0.05) is 12.6 Å². The van der Waals surface area contributed by atoms with Crippen LogP contribution in [0, 0.1) is 0 Å². The number of esters is 1. The van der Waals surface area contributed by atoms with Crippen molar-refractivity contribution in [3.8, 4) is 0 Å². The topological polar surface area (TPSA) is 75.7 Å². The highest BCUT2D eigenvalue weighted by Crippen LogP contribution is 2.18. The van der Waals surface area contributed by atoms with Crippen LogP contribution >= 0.6 is 0 Å². The molecule has 0 spiro atoms. The number of likely N-dealkylation sites (tertiary alicyclic amines) is 1. The molecule has 1 saturated heterocycles. The van der Waals surface area contributed by atoms with Crippen LogP contribution in [0.25, 0.3) is 0 Å². The molecule has 140 valence electrons. The van der Waals surface area contributed by atoms with Gasteiger partial charge in [0.1, 0.15) is 0 Å². The van der Waals surface area contributed by atoms with Crippen LogP contribution < -0.4 is 4.72 Å². The van der Waals surface area contributed by atoms with Gasteiger partial charge < -0.3 is 4.74 Å². The number of unbranched alkanes of at least 4 members (excludes halogenated alkanes) is 1. The van der Waals surface area contributed by atoms with E-state index >= 15 is 0 Å². The van der Waals surface area contributed by atoms with E-state index in [0.717, 1.165) is 38.8 Å². The lowest BCUT2D eigenvalue weighted by atomic mass is 10.0. The summed E-state index contributed by atoms with van der Waals surface area (Å²) in [4.78, 5) is 14.0. The molecule has 1 unspecified atom stereocenters. The number of benzene rings is 1. The maximum Gasteiger partial charge on any atom is 0.337 e. The first-order valence-electron chi connectivity index (χ1n) is 8.90. The fraction of sp³-hybridized carbons (Fsp3) is 0.611. The molecule has 1 aliphatic heterocycles. The van der Waals surface area contributed by atoms with Crippen molar-refractivity contribution >= 4 is 16.0 Å². The molecular weight excluding hydrogens is 340 g/mol. The Kier molecular flexibility index (Phi) is 7.40. The van der Waals surface area contributed by atoms with Crippen LogP contribution in [0.1, 0.15) is 49.4 Å². The molecule has 0 bridgehead atoms. The van der Waals surface area contributed by atoms with Crippen LogP contribution in [0.4, 0.5) is 0 Å². The summed E-state index contributed by atoms with van der Waals surface area (Å²) in [6.07, 6.45) is 5.62. The summed E-state index contributed by atoms with van der Waals surface area (Å²) in [7, 11) is -2.29. The Morgan fingerprint density at radius 2 is 2.00 bits per heavy atom. The van der Waals surface area contributed by atoms with Crippen molar-refractivity contribution in [2.24, 2.45) is 0 Å². The Labute approximate surface area is 150 Å². The van der Waals surface area contributed by atoms with Crippen LogP contribution in [0.15, 0.2) is 29.2 Å². The maximum atomic E-state index is 12.5. The molecule has 0 amide bonds. The number of nitrogens with one attached hydrogen (secondary N) is 1. The molecule has 1 N–H and O–H groups in total. The first-order valence-corrected chi connectivity index (χ1v) is 10.4. The number of sulfonamides is 1. The Bertz CT molecular complexity index is 658. The van der Waals surface area contributed by atoms with Crippen LogP contribution in [-0.4, -0.2) is 52.1 Å². The second kappa shape index (κ2) is 9.31. The molecule has 0 radical (unpaired) electrons. The number of nitrogens with zero attached hydrogens (tertiary/aromatic N) is 1. The summed E-state index contributed by atoms with van der Waals surface area (Å²) in [6.45, 7) is 4.65. The molecule has 2 rings (SSSR count). The number of carbonyl (C=O) groups excluding carboxylic acids is 1. The summed E-state index contributed by atoms with van der Waals surface area (Å²) in [5, 5.41) is 0. The van der Waals surface area contributed by atoms with Gasteiger partial charge in [0.15, 0.2) is 0 Å². The Morgan fingerprint density at radius 3 is 2.64 bits per heavy atom. The second-order valence-corrected chi connectivity index (χ2v) is 8.17. The largest absolute Gasteiger partial charge is 0.465 e. The van der Waals surface area contributed by atoms with Gasteiger partial charge in [-0.05, 0) is 56.6 Å². The fourth-order valence-corrected chi connectivity index (χ4v) is 4.20. The van der Waals surface area contributed by atoms with E-state index in [0.29, 0.717) is 12.1 Å². The normalized spacial score (nSPS) is 18.9. The highest BCUT2D eigenvalue weighted by atomic mass is 32.2. The van der Waals surface area contributed by atoms with Crippen molar-refractivity contribution in [3.05, 3.63) is 29.8 Å². The number of methoxy groups -OCH3 is 1. The minimum Gasteiger partial charge on any atom is -0.465 e. The summed E-state index contributed by atoms with van der Waals surface area (Å²) in [6, 6.07) is 6.06. The van der Waals surface area contributed by atoms with Gasteiger partial charge in [0.25, 0.3) is 0 Å². The third-order valence-electron chi connectivity index (χ3n) is 4.64. The zero-order valence-corrected chi connectivity index (χ0v) is 15.8. The van der Waals surface area contributed by atoms with E-state index in [1.54, 1.807) is 0 Å². The van der Waals surface area contributed by atoms with E-state index in [9.17, 15) is 13.2 Å². The van der Waals surface area contributed by atoms with E-state index in [2.05, 4.69) is 21.3 Å². The minimum absolute atomic E-state index is 0.163. The summed E-state index contributed by atoms with van der Waals surface area (Å²) in [5.41, 5.74) is 0.333. The molecule has 1 aliphatic rings. The standard InChI is InChI=1S/C18H28N2O4S/c1-3-4-12-20-13-6-5-7-16(20)14-19-25(22,23)17-10-8-15(9-11-17)18(21)24-2/h8-11,16,19H,3-7,12-14H2,1-2H3. The highest BCUT2D eigenvalue weighted by molar-refractivity contribution is 7.89. The summed E-state index contributed by atoms with van der Waals surface area (Å²) >= 11 is 0. The molecule has 1 heterocycles. The molecule has 1 aromatic rings. The third-order valence-corrected chi connectivity index (χ3v) is 6.08. The highest BCUT2D eigenvalue weighted by Gasteiger charge is 2.24. The average molecular weight is 368 g/mol. The van der Waals surface area contributed by atoms with Crippen molar-refractivity contribution in [3.63, 3.8) is 0 Å². The van der Waals surface area contributed by atoms with Crippen LogP contribution in [0.3, 0.4) is 0 Å². The zero-order chi connectivity index (χ0) is 18.3. The Morgan fingerprint density at radius 1 is 1.28 bits per heavy atom. The van der Waals surface area contributed by atoms with Crippen molar-refractivity contribution in [2.45, 2.75) is 50.0 Å². The smallest absolute Gasteiger partial charge is 0.337 e. The Balaban J connectivity index is 1.99. The number of piperidine rings is 1. The molecule has 0 aliphatic carbocycles. The minimum atomic E-state index is -3.58. The zero-order valence-electron chi connectivity index (χ0n) is 15.0. The number of ether oxygens (including phenoxy) is 1. The summed E-state index contributed by atoms with van der Waals surface area (Å²) < 4.78 is 32.4. The van der Waals surface area contributed by atoms with Crippen LogP contribution in [-0.2, 0) is 14.8 Å².